The summed E-state index contributed by atoms with van der Waals surface area (Å²) >= 11 is 1.67. The van der Waals surface area contributed by atoms with E-state index in [-0.39, 0.29) is 11.3 Å². The standard InChI is InChI=1S/C12H17NOS/c1-12(2,10-6-5-9-15-10)11(14)13-7-3-4-8-13/h5-6,9H,3-4,7-8H2,1-2H3. The van der Waals surface area contributed by atoms with Gasteiger partial charge in [-0.3, -0.25) is 4.79 Å². The van der Waals surface area contributed by atoms with E-state index in [1.807, 2.05) is 30.2 Å². The van der Waals surface area contributed by atoms with Gasteiger partial charge in [0.2, 0.25) is 5.91 Å². The molecule has 15 heavy (non-hydrogen) atoms. The van der Waals surface area contributed by atoms with Crippen molar-refractivity contribution in [3.63, 3.8) is 0 Å². The SMILES string of the molecule is CC(C)(C(=O)N1CCCC1)c1cccs1. The van der Waals surface area contributed by atoms with E-state index in [9.17, 15) is 4.79 Å². The van der Waals surface area contributed by atoms with Crippen LogP contribution >= 0.6 is 11.3 Å². The van der Waals surface area contributed by atoms with Crippen LogP contribution in [0.15, 0.2) is 17.5 Å². The summed E-state index contributed by atoms with van der Waals surface area (Å²) in [6.07, 6.45) is 2.32. The summed E-state index contributed by atoms with van der Waals surface area (Å²) < 4.78 is 0. The number of hydrogen-bond acceptors (Lipinski definition) is 2. The van der Waals surface area contributed by atoms with Crippen molar-refractivity contribution in [2.45, 2.75) is 32.1 Å². The van der Waals surface area contributed by atoms with Gasteiger partial charge in [0.15, 0.2) is 0 Å². The minimum atomic E-state index is -0.349. The topological polar surface area (TPSA) is 20.3 Å². The fourth-order valence-electron chi connectivity index (χ4n) is 2.06. The molecule has 1 saturated heterocycles. The molecule has 1 aromatic heterocycles. The molecule has 1 aromatic rings. The predicted molar refractivity (Wildman–Crippen MR) is 63.2 cm³/mol. The zero-order valence-electron chi connectivity index (χ0n) is 9.32. The van der Waals surface area contributed by atoms with Gasteiger partial charge < -0.3 is 4.90 Å². The van der Waals surface area contributed by atoms with Crippen molar-refractivity contribution in [1.82, 2.24) is 4.90 Å². The van der Waals surface area contributed by atoms with E-state index < -0.39 is 0 Å². The van der Waals surface area contributed by atoms with Gasteiger partial charge >= 0.3 is 0 Å². The monoisotopic (exact) mass is 223 g/mol. The maximum atomic E-state index is 12.3. The van der Waals surface area contributed by atoms with Crippen LogP contribution in [-0.4, -0.2) is 23.9 Å². The molecular weight excluding hydrogens is 206 g/mol. The van der Waals surface area contributed by atoms with Gasteiger partial charge in [-0.25, -0.2) is 0 Å². The van der Waals surface area contributed by atoms with Crippen molar-refractivity contribution in [1.29, 1.82) is 0 Å². The normalized spacial score (nSPS) is 17.1. The molecule has 1 aliphatic heterocycles. The highest BCUT2D eigenvalue weighted by Gasteiger charge is 2.35. The van der Waals surface area contributed by atoms with Gasteiger partial charge in [-0.15, -0.1) is 11.3 Å². The molecule has 2 nitrogen and oxygen atoms in total. The first kappa shape index (κ1) is 10.7. The minimum Gasteiger partial charge on any atom is -0.342 e. The van der Waals surface area contributed by atoms with Crippen molar-refractivity contribution < 1.29 is 4.79 Å². The summed E-state index contributed by atoms with van der Waals surface area (Å²) in [5, 5.41) is 2.04. The summed E-state index contributed by atoms with van der Waals surface area (Å²) in [6, 6.07) is 4.07. The lowest BCUT2D eigenvalue weighted by atomic mass is 9.90. The van der Waals surface area contributed by atoms with Gasteiger partial charge in [0.05, 0.1) is 5.41 Å². The molecule has 0 saturated carbocycles. The van der Waals surface area contributed by atoms with Gasteiger partial charge in [-0.1, -0.05) is 6.07 Å². The van der Waals surface area contributed by atoms with E-state index in [2.05, 4.69) is 6.07 Å². The van der Waals surface area contributed by atoms with Gasteiger partial charge in [-0.05, 0) is 38.1 Å². The zero-order chi connectivity index (χ0) is 10.9. The maximum Gasteiger partial charge on any atom is 0.233 e. The average molecular weight is 223 g/mol. The largest absolute Gasteiger partial charge is 0.342 e. The van der Waals surface area contributed by atoms with Crippen molar-refractivity contribution in [3.8, 4) is 0 Å². The van der Waals surface area contributed by atoms with E-state index in [1.165, 1.54) is 4.88 Å². The second-order valence-electron chi connectivity index (χ2n) is 4.60. The summed E-state index contributed by atoms with van der Waals surface area (Å²) in [5.41, 5.74) is -0.349. The van der Waals surface area contributed by atoms with E-state index in [1.54, 1.807) is 11.3 Å². The highest BCUT2D eigenvalue weighted by molar-refractivity contribution is 7.10. The van der Waals surface area contributed by atoms with E-state index in [0.717, 1.165) is 25.9 Å². The molecule has 0 spiro atoms. The first-order valence-corrected chi connectivity index (χ1v) is 6.34. The third kappa shape index (κ3) is 1.93. The third-order valence-corrected chi connectivity index (χ3v) is 4.26. The number of nitrogens with zero attached hydrogens (tertiary/aromatic N) is 1. The predicted octanol–water partition coefficient (Wildman–Crippen LogP) is 2.65. The Morgan fingerprint density at radius 1 is 1.40 bits per heavy atom. The number of carbonyl (C=O) groups excluding carboxylic acids is 1. The van der Waals surface area contributed by atoms with Gasteiger partial charge in [0.25, 0.3) is 0 Å². The summed E-state index contributed by atoms with van der Waals surface area (Å²) in [4.78, 5) is 15.5. The fourth-order valence-corrected chi connectivity index (χ4v) is 2.90. The molecule has 0 N–H and O–H groups in total. The van der Waals surface area contributed by atoms with Crippen LogP contribution in [0.4, 0.5) is 0 Å². The molecule has 0 aliphatic carbocycles. The lowest BCUT2D eigenvalue weighted by molar-refractivity contribution is -0.135. The molecule has 1 aliphatic rings. The molecule has 1 fully saturated rings. The number of rotatable bonds is 2. The van der Waals surface area contributed by atoms with Crippen LogP contribution in [0.3, 0.4) is 0 Å². The Balaban J connectivity index is 2.18. The van der Waals surface area contributed by atoms with E-state index >= 15 is 0 Å². The Bertz CT molecular complexity index is 337. The zero-order valence-corrected chi connectivity index (χ0v) is 10.1. The summed E-state index contributed by atoms with van der Waals surface area (Å²) in [6.45, 7) is 5.93. The first-order chi connectivity index (χ1) is 7.12. The van der Waals surface area contributed by atoms with Crippen molar-refractivity contribution in [3.05, 3.63) is 22.4 Å². The molecule has 0 aromatic carbocycles. The van der Waals surface area contributed by atoms with Crippen LogP contribution in [-0.2, 0) is 10.2 Å². The fraction of sp³-hybridized carbons (Fsp3) is 0.583. The van der Waals surface area contributed by atoms with Crippen molar-refractivity contribution in [2.24, 2.45) is 0 Å². The molecule has 0 bridgehead atoms. The number of amides is 1. The Morgan fingerprint density at radius 3 is 2.60 bits per heavy atom. The molecule has 3 heteroatoms. The van der Waals surface area contributed by atoms with Gasteiger partial charge in [0, 0.05) is 18.0 Å². The highest BCUT2D eigenvalue weighted by atomic mass is 32.1. The Kier molecular flexibility index (Phi) is 2.83. The summed E-state index contributed by atoms with van der Waals surface area (Å²) in [7, 11) is 0. The van der Waals surface area contributed by atoms with E-state index in [0.29, 0.717) is 0 Å². The van der Waals surface area contributed by atoms with Crippen LogP contribution in [0.1, 0.15) is 31.6 Å². The van der Waals surface area contributed by atoms with Crippen LogP contribution in [0, 0.1) is 0 Å². The molecule has 1 amide bonds. The summed E-state index contributed by atoms with van der Waals surface area (Å²) in [5.74, 6) is 0.280. The molecular formula is C12H17NOS. The van der Waals surface area contributed by atoms with Gasteiger partial charge in [0.1, 0.15) is 0 Å². The lowest BCUT2D eigenvalue weighted by Gasteiger charge is -2.28. The van der Waals surface area contributed by atoms with Crippen molar-refractivity contribution in [2.75, 3.05) is 13.1 Å². The van der Waals surface area contributed by atoms with Crippen LogP contribution in [0.25, 0.3) is 0 Å². The third-order valence-electron chi connectivity index (χ3n) is 3.07. The average Bonchev–Trinajstić information content (AvgIpc) is 2.89. The lowest BCUT2D eigenvalue weighted by Crippen LogP contribution is -2.41. The second-order valence-corrected chi connectivity index (χ2v) is 5.55. The molecule has 82 valence electrons. The van der Waals surface area contributed by atoms with Crippen LogP contribution in [0.2, 0.25) is 0 Å². The Morgan fingerprint density at radius 2 is 2.07 bits per heavy atom. The molecule has 0 unspecified atom stereocenters. The number of likely N-dealkylation sites (tertiary alicyclic amines) is 1. The molecule has 0 radical (unpaired) electrons. The number of hydrogen-bond donors (Lipinski definition) is 0. The quantitative estimate of drug-likeness (QED) is 0.755. The number of thiophene rings is 1. The van der Waals surface area contributed by atoms with Gasteiger partial charge in [-0.2, -0.15) is 0 Å². The molecule has 0 atom stereocenters. The Labute approximate surface area is 94.9 Å². The minimum absolute atomic E-state index is 0.280. The highest BCUT2D eigenvalue weighted by Crippen LogP contribution is 2.30. The van der Waals surface area contributed by atoms with E-state index in [4.69, 9.17) is 0 Å². The Hall–Kier alpha value is -0.830. The second kappa shape index (κ2) is 3.97. The molecule has 2 heterocycles. The van der Waals surface area contributed by atoms with Crippen LogP contribution < -0.4 is 0 Å². The van der Waals surface area contributed by atoms with Crippen LogP contribution in [0.5, 0.6) is 0 Å². The smallest absolute Gasteiger partial charge is 0.233 e. The van der Waals surface area contributed by atoms with Crippen molar-refractivity contribution >= 4 is 17.2 Å². The number of carbonyl (C=O) groups is 1. The molecule has 2 rings (SSSR count). The maximum absolute atomic E-state index is 12.3. The first-order valence-electron chi connectivity index (χ1n) is 5.46.